The lowest BCUT2D eigenvalue weighted by molar-refractivity contribution is -0.141. The Balaban J connectivity index is 1.71. The molecule has 0 aliphatic heterocycles. The molecule has 0 aliphatic carbocycles. The molecule has 11 heteroatoms. The second kappa shape index (κ2) is 7.24. The number of hydrogen-bond donors (Lipinski definition) is 1. The van der Waals surface area contributed by atoms with Crippen LogP contribution in [-0.4, -0.2) is 25.5 Å². The van der Waals surface area contributed by atoms with E-state index in [1.165, 1.54) is 13.2 Å². The Morgan fingerprint density at radius 2 is 1.96 bits per heavy atom. The highest BCUT2D eigenvalue weighted by molar-refractivity contribution is 6.42. The van der Waals surface area contributed by atoms with Gasteiger partial charge in [0.1, 0.15) is 5.69 Å². The second-order valence-corrected chi connectivity index (χ2v) is 6.48. The molecular weight excluding hydrogens is 406 g/mol. The first kappa shape index (κ1) is 19.2. The Morgan fingerprint density at radius 1 is 1.22 bits per heavy atom. The lowest BCUT2D eigenvalue weighted by atomic mass is 10.2. The molecule has 0 spiro atoms. The van der Waals surface area contributed by atoms with E-state index in [-0.39, 0.29) is 5.69 Å². The van der Waals surface area contributed by atoms with Crippen LogP contribution in [0.15, 0.2) is 36.7 Å². The third kappa shape index (κ3) is 4.42. The molecule has 0 saturated heterocycles. The van der Waals surface area contributed by atoms with Crippen LogP contribution in [-0.2, 0) is 19.8 Å². The quantitative estimate of drug-likeness (QED) is 0.690. The molecule has 1 N–H and O–H groups in total. The smallest absolute Gasteiger partial charge is 0.318 e. The standard InChI is InChI=1S/C16H12Cl2F3N5O/c1-25-13(5-14(24-25)16(19,20)21)15(27)23-10-6-22-26(8-10)7-9-2-3-11(17)12(18)4-9/h2-6,8H,7H2,1H3,(H,23,27). The Morgan fingerprint density at radius 3 is 2.59 bits per heavy atom. The Bertz CT molecular complexity index is 996. The molecule has 1 amide bonds. The summed E-state index contributed by atoms with van der Waals surface area (Å²) in [4.78, 5) is 12.2. The number of benzene rings is 1. The van der Waals surface area contributed by atoms with Crippen molar-refractivity contribution in [1.29, 1.82) is 0 Å². The third-order valence-electron chi connectivity index (χ3n) is 3.62. The molecule has 0 radical (unpaired) electrons. The van der Waals surface area contributed by atoms with E-state index < -0.39 is 17.8 Å². The van der Waals surface area contributed by atoms with Crippen LogP contribution in [0.4, 0.5) is 18.9 Å². The van der Waals surface area contributed by atoms with E-state index >= 15 is 0 Å². The van der Waals surface area contributed by atoms with Crippen LogP contribution < -0.4 is 5.32 Å². The molecule has 2 heterocycles. The van der Waals surface area contributed by atoms with Crippen LogP contribution in [0, 0.1) is 0 Å². The van der Waals surface area contributed by atoms with Gasteiger partial charge in [-0.1, -0.05) is 29.3 Å². The summed E-state index contributed by atoms with van der Waals surface area (Å²) in [6.07, 6.45) is -1.70. The Labute approximate surface area is 161 Å². The highest BCUT2D eigenvalue weighted by atomic mass is 35.5. The van der Waals surface area contributed by atoms with E-state index in [2.05, 4.69) is 15.5 Å². The van der Waals surface area contributed by atoms with Crippen molar-refractivity contribution in [2.45, 2.75) is 12.7 Å². The molecule has 0 bridgehead atoms. The van der Waals surface area contributed by atoms with Crippen LogP contribution >= 0.6 is 23.2 Å². The van der Waals surface area contributed by atoms with Gasteiger partial charge in [0, 0.05) is 19.3 Å². The van der Waals surface area contributed by atoms with Crippen molar-refractivity contribution in [3.63, 3.8) is 0 Å². The number of nitrogens with one attached hydrogen (secondary N) is 1. The van der Waals surface area contributed by atoms with Gasteiger partial charge in [0.25, 0.3) is 5.91 Å². The third-order valence-corrected chi connectivity index (χ3v) is 4.36. The Kier molecular flexibility index (Phi) is 5.16. The zero-order chi connectivity index (χ0) is 19.8. The van der Waals surface area contributed by atoms with E-state index in [9.17, 15) is 18.0 Å². The van der Waals surface area contributed by atoms with Gasteiger partial charge in [-0.25, -0.2) is 0 Å². The van der Waals surface area contributed by atoms with E-state index in [1.807, 2.05) is 0 Å². The van der Waals surface area contributed by atoms with Crippen LogP contribution in [0.2, 0.25) is 10.0 Å². The van der Waals surface area contributed by atoms with Gasteiger partial charge < -0.3 is 5.32 Å². The zero-order valence-electron chi connectivity index (χ0n) is 13.8. The van der Waals surface area contributed by atoms with Gasteiger partial charge in [-0.2, -0.15) is 23.4 Å². The van der Waals surface area contributed by atoms with Crippen molar-refractivity contribution in [1.82, 2.24) is 19.6 Å². The van der Waals surface area contributed by atoms with Crippen molar-refractivity contribution >= 4 is 34.8 Å². The molecule has 6 nitrogen and oxygen atoms in total. The summed E-state index contributed by atoms with van der Waals surface area (Å²) in [5.41, 5.74) is -0.188. The lowest BCUT2D eigenvalue weighted by Crippen LogP contribution is -2.15. The molecule has 1 aromatic carbocycles. The number of hydrogen-bond acceptors (Lipinski definition) is 3. The van der Waals surface area contributed by atoms with Gasteiger partial charge in [-0.15, -0.1) is 0 Å². The molecule has 27 heavy (non-hydrogen) atoms. The molecular formula is C16H12Cl2F3N5O. The van der Waals surface area contributed by atoms with E-state index in [1.54, 1.807) is 29.1 Å². The first-order valence-electron chi connectivity index (χ1n) is 7.52. The molecule has 2 aromatic heterocycles. The first-order valence-corrected chi connectivity index (χ1v) is 8.28. The normalized spacial score (nSPS) is 11.6. The van der Waals surface area contributed by atoms with E-state index in [0.717, 1.165) is 10.2 Å². The molecule has 0 atom stereocenters. The maximum Gasteiger partial charge on any atom is 0.435 e. The SMILES string of the molecule is Cn1nc(C(F)(F)F)cc1C(=O)Nc1cnn(Cc2ccc(Cl)c(Cl)c2)c1. The number of aromatic nitrogens is 4. The predicted octanol–water partition coefficient (Wildman–Crippen LogP) is 4.24. The fraction of sp³-hybridized carbons (Fsp3) is 0.188. The minimum Gasteiger partial charge on any atom is -0.318 e. The number of rotatable bonds is 4. The van der Waals surface area contributed by atoms with Crippen molar-refractivity contribution in [3.8, 4) is 0 Å². The van der Waals surface area contributed by atoms with Crippen molar-refractivity contribution in [2.75, 3.05) is 5.32 Å². The minimum atomic E-state index is -4.62. The summed E-state index contributed by atoms with van der Waals surface area (Å²) < 4.78 is 40.5. The van der Waals surface area contributed by atoms with E-state index in [4.69, 9.17) is 23.2 Å². The number of carbonyl (C=O) groups excluding carboxylic acids is 1. The number of carbonyl (C=O) groups is 1. The second-order valence-electron chi connectivity index (χ2n) is 5.67. The largest absolute Gasteiger partial charge is 0.435 e. The highest BCUT2D eigenvalue weighted by Gasteiger charge is 2.35. The fourth-order valence-electron chi connectivity index (χ4n) is 2.35. The summed E-state index contributed by atoms with van der Waals surface area (Å²) >= 11 is 11.8. The van der Waals surface area contributed by atoms with Gasteiger partial charge >= 0.3 is 6.18 Å². The fourth-order valence-corrected chi connectivity index (χ4v) is 2.67. The van der Waals surface area contributed by atoms with Crippen LogP contribution in [0.3, 0.4) is 0 Å². The number of anilines is 1. The molecule has 142 valence electrons. The molecule has 3 aromatic rings. The van der Waals surface area contributed by atoms with Gasteiger partial charge in [-0.3, -0.25) is 14.2 Å². The summed E-state index contributed by atoms with van der Waals surface area (Å²) in [7, 11) is 1.26. The maximum atomic E-state index is 12.7. The van der Waals surface area contributed by atoms with Gasteiger partial charge in [0.2, 0.25) is 0 Å². The average Bonchev–Trinajstić information content (AvgIpc) is 3.17. The summed E-state index contributed by atoms with van der Waals surface area (Å²) in [5, 5.41) is 10.7. The molecule has 0 aliphatic rings. The number of aryl methyl sites for hydroxylation is 1. The monoisotopic (exact) mass is 417 g/mol. The maximum absolute atomic E-state index is 12.7. The van der Waals surface area contributed by atoms with Crippen molar-refractivity contribution < 1.29 is 18.0 Å². The number of halogens is 5. The van der Waals surface area contributed by atoms with Gasteiger partial charge in [0.15, 0.2) is 5.69 Å². The molecule has 0 unspecified atom stereocenters. The summed E-state index contributed by atoms with van der Waals surface area (Å²) in [5.74, 6) is -0.727. The first-order chi connectivity index (χ1) is 12.6. The van der Waals surface area contributed by atoms with Crippen LogP contribution in [0.5, 0.6) is 0 Å². The summed E-state index contributed by atoms with van der Waals surface area (Å²) in [6.45, 7) is 0.372. The number of amides is 1. The minimum absolute atomic E-state index is 0.223. The van der Waals surface area contributed by atoms with Crippen molar-refractivity contribution in [2.24, 2.45) is 7.05 Å². The lowest BCUT2D eigenvalue weighted by Gasteiger charge is -2.04. The number of alkyl halides is 3. The van der Waals surface area contributed by atoms with Crippen molar-refractivity contribution in [3.05, 3.63) is 63.7 Å². The van der Waals surface area contributed by atoms with Gasteiger partial charge in [-0.05, 0) is 17.7 Å². The predicted molar refractivity (Wildman–Crippen MR) is 94.0 cm³/mol. The Hall–Kier alpha value is -2.52. The van der Waals surface area contributed by atoms with E-state index in [0.29, 0.717) is 28.3 Å². The highest BCUT2D eigenvalue weighted by Crippen LogP contribution is 2.28. The van der Waals surface area contributed by atoms with Crippen LogP contribution in [0.1, 0.15) is 21.7 Å². The molecule has 3 rings (SSSR count). The molecule has 0 saturated carbocycles. The molecule has 0 fully saturated rings. The average molecular weight is 418 g/mol. The number of nitrogens with zero attached hydrogens (tertiary/aromatic N) is 4. The van der Waals surface area contributed by atoms with Crippen LogP contribution in [0.25, 0.3) is 0 Å². The summed E-state index contributed by atoms with van der Waals surface area (Å²) in [6, 6.07) is 5.82. The van der Waals surface area contributed by atoms with Gasteiger partial charge in [0.05, 0.1) is 28.5 Å². The zero-order valence-corrected chi connectivity index (χ0v) is 15.3. The topological polar surface area (TPSA) is 64.7 Å².